The number of hydrogen-bond donors (Lipinski definition) is 3. The van der Waals surface area contributed by atoms with Crippen LogP contribution in [0.25, 0.3) is 0 Å². The number of carbonyl (C=O) groups is 3. The van der Waals surface area contributed by atoms with Gasteiger partial charge in [-0.2, -0.15) is 0 Å². The molecular formula is C23H28ClN3O4. The third-order valence-electron chi connectivity index (χ3n) is 4.04. The molecule has 2 aromatic rings. The van der Waals surface area contributed by atoms with Crippen LogP contribution in [0.1, 0.15) is 38.3 Å². The number of ether oxygens (including phenoxy) is 1. The summed E-state index contributed by atoms with van der Waals surface area (Å²) in [5, 5.41) is 8.80. The van der Waals surface area contributed by atoms with Crippen LogP contribution >= 0.6 is 11.6 Å². The van der Waals surface area contributed by atoms with E-state index in [0.717, 1.165) is 11.1 Å². The molecule has 0 aliphatic rings. The van der Waals surface area contributed by atoms with Crippen molar-refractivity contribution in [2.45, 2.75) is 45.8 Å². The Morgan fingerprint density at radius 2 is 1.71 bits per heavy atom. The lowest BCUT2D eigenvalue weighted by atomic mass is 10.1. The largest absolute Gasteiger partial charge is 0.444 e. The van der Waals surface area contributed by atoms with Crippen molar-refractivity contribution >= 4 is 35.2 Å². The average molecular weight is 446 g/mol. The van der Waals surface area contributed by atoms with Crippen LogP contribution in [-0.4, -0.2) is 30.1 Å². The Hall–Kier alpha value is -3.06. The molecule has 3 amide bonds. The first-order valence-electron chi connectivity index (χ1n) is 9.98. The molecule has 8 heteroatoms. The van der Waals surface area contributed by atoms with Gasteiger partial charge in [0.05, 0.1) is 6.42 Å². The molecule has 0 aliphatic carbocycles. The van der Waals surface area contributed by atoms with Crippen LogP contribution in [0.2, 0.25) is 5.02 Å². The molecule has 0 aliphatic heterocycles. The maximum absolute atomic E-state index is 12.2. The van der Waals surface area contributed by atoms with Crippen molar-refractivity contribution in [1.29, 1.82) is 0 Å². The zero-order chi connectivity index (χ0) is 22.9. The third-order valence-corrected chi connectivity index (χ3v) is 4.28. The van der Waals surface area contributed by atoms with Gasteiger partial charge in [-0.15, -0.1) is 0 Å². The quantitative estimate of drug-likeness (QED) is 0.571. The first-order valence-corrected chi connectivity index (χ1v) is 10.4. The topological polar surface area (TPSA) is 96.5 Å². The van der Waals surface area contributed by atoms with E-state index in [1.54, 1.807) is 51.1 Å². The van der Waals surface area contributed by atoms with Gasteiger partial charge >= 0.3 is 6.09 Å². The summed E-state index contributed by atoms with van der Waals surface area (Å²) < 4.78 is 5.13. The fourth-order valence-corrected chi connectivity index (χ4v) is 2.90. The van der Waals surface area contributed by atoms with Crippen molar-refractivity contribution < 1.29 is 19.1 Å². The highest BCUT2D eigenvalue weighted by Crippen LogP contribution is 2.16. The summed E-state index contributed by atoms with van der Waals surface area (Å²) in [6.45, 7) is 5.73. The summed E-state index contributed by atoms with van der Waals surface area (Å²) in [5.74, 6) is -0.404. The van der Waals surface area contributed by atoms with Gasteiger partial charge in [-0.1, -0.05) is 41.9 Å². The highest BCUT2D eigenvalue weighted by atomic mass is 35.5. The standard InChI is InChI=1S/C23H28ClN3O4/c1-23(2,3)31-22(30)25-12-11-20(28)27-19-10-5-4-8-17(19)15-26-21(29)14-16-7-6-9-18(24)13-16/h4-10,13H,11-12,14-15H2,1-3H3,(H,25,30)(H,26,29)(H,27,28). The average Bonchev–Trinajstić information content (AvgIpc) is 2.66. The fourth-order valence-electron chi connectivity index (χ4n) is 2.69. The monoisotopic (exact) mass is 445 g/mol. The zero-order valence-corrected chi connectivity index (χ0v) is 18.7. The molecule has 0 radical (unpaired) electrons. The van der Waals surface area contributed by atoms with Gasteiger partial charge in [-0.25, -0.2) is 4.79 Å². The van der Waals surface area contributed by atoms with E-state index in [4.69, 9.17) is 16.3 Å². The fraction of sp³-hybridized carbons (Fsp3) is 0.348. The van der Waals surface area contributed by atoms with Gasteiger partial charge in [0.1, 0.15) is 5.60 Å². The first-order chi connectivity index (χ1) is 14.6. The molecule has 2 rings (SSSR count). The van der Waals surface area contributed by atoms with Crippen molar-refractivity contribution in [1.82, 2.24) is 10.6 Å². The van der Waals surface area contributed by atoms with Gasteiger partial charge in [0.2, 0.25) is 11.8 Å². The number of para-hydroxylation sites is 1. The Kier molecular flexibility index (Phi) is 8.88. The van der Waals surface area contributed by atoms with Gasteiger partial charge in [-0.05, 0) is 50.1 Å². The Morgan fingerprint density at radius 3 is 2.42 bits per heavy atom. The van der Waals surface area contributed by atoms with E-state index in [1.165, 1.54) is 0 Å². The second-order valence-electron chi connectivity index (χ2n) is 7.97. The van der Waals surface area contributed by atoms with Crippen LogP contribution in [-0.2, 0) is 27.3 Å². The Balaban J connectivity index is 1.82. The summed E-state index contributed by atoms with van der Waals surface area (Å²) in [6.07, 6.45) is -0.261. The molecule has 0 unspecified atom stereocenters. The van der Waals surface area contributed by atoms with E-state index in [9.17, 15) is 14.4 Å². The molecule has 0 atom stereocenters. The highest BCUT2D eigenvalue weighted by molar-refractivity contribution is 6.30. The summed E-state index contributed by atoms with van der Waals surface area (Å²) in [7, 11) is 0. The normalized spacial score (nSPS) is 10.8. The van der Waals surface area contributed by atoms with Crippen molar-refractivity contribution in [3.63, 3.8) is 0 Å². The minimum atomic E-state index is -0.595. The number of anilines is 1. The second kappa shape index (κ2) is 11.4. The Bertz CT molecular complexity index is 925. The summed E-state index contributed by atoms with van der Waals surface area (Å²) in [5.41, 5.74) is 1.61. The van der Waals surface area contributed by atoms with Gasteiger partial charge in [-0.3, -0.25) is 9.59 Å². The number of amides is 3. The number of benzene rings is 2. The predicted molar refractivity (Wildman–Crippen MR) is 121 cm³/mol. The molecule has 0 spiro atoms. The maximum Gasteiger partial charge on any atom is 0.407 e. The summed E-state index contributed by atoms with van der Waals surface area (Å²) in [6, 6.07) is 14.4. The summed E-state index contributed by atoms with van der Waals surface area (Å²) >= 11 is 5.95. The molecule has 31 heavy (non-hydrogen) atoms. The minimum Gasteiger partial charge on any atom is -0.444 e. The highest BCUT2D eigenvalue weighted by Gasteiger charge is 2.16. The van der Waals surface area contributed by atoms with E-state index < -0.39 is 11.7 Å². The SMILES string of the molecule is CC(C)(C)OC(=O)NCCC(=O)Nc1ccccc1CNC(=O)Cc1cccc(Cl)c1. The smallest absolute Gasteiger partial charge is 0.407 e. The Labute approximate surface area is 187 Å². The molecular weight excluding hydrogens is 418 g/mol. The molecule has 7 nitrogen and oxygen atoms in total. The number of halogens is 1. The first kappa shape index (κ1) is 24.2. The molecule has 0 heterocycles. The number of carbonyl (C=O) groups excluding carboxylic acids is 3. The number of rotatable bonds is 8. The molecule has 0 saturated carbocycles. The molecule has 0 aromatic heterocycles. The number of alkyl carbamates (subject to hydrolysis) is 1. The van der Waals surface area contributed by atoms with Crippen LogP contribution in [0.3, 0.4) is 0 Å². The maximum atomic E-state index is 12.2. The van der Waals surface area contributed by atoms with Gasteiger partial charge in [0, 0.05) is 30.2 Å². The van der Waals surface area contributed by atoms with Gasteiger partial charge in [0.15, 0.2) is 0 Å². The third kappa shape index (κ3) is 9.53. The summed E-state index contributed by atoms with van der Waals surface area (Å²) in [4.78, 5) is 36.1. The second-order valence-corrected chi connectivity index (χ2v) is 8.40. The molecule has 3 N–H and O–H groups in total. The van der Waals surface area contributed by atoms with E-state index in [2.05, 4.69) is 16.0 Å². The van der Waals surface area contributed by atoms with Crippen LogP contribution in [0, 0.1) is 0 Å². The lowest BCUT2D eigenvalue weighted by Crippen LogP contribution is -2.34. The predicted octanol–water partition coefficient (Wildman–Crippen LogP) is 4.05. The van der Waals surface area contributed by atoms with E-state index in [0.29, 0.717) is 10.7 Å². The van der Waals surface area contributed by atoms with E-state index >= 15 is 0 Å². The van der Waals surface area contributed by atoms with Crippen molar-refractivity contribution in [2.75, 3.05) is 11.9 Å². The molecule has 0 saturated heterocycles. The Morgan fingerprint density at radius 1 is 0.968 bits per heavy atom. The lowest BCUT2D eigenvalue weighted by Gasteiger charge is -2.19. The van der Waals surface area contributed by atoms with Crippen molar-refractivity contribution in [3.05, 3.63) is 64.7 Å². The van der Waals surface area contributed by atoms with Crippen LogP contribution in [0.5, 0.6) is 0 Å². The van der Waals surface area contributed by atoms with E-state index in [-0.39, 0.29) is 37.7 Å². The van der Waals surface area contributed by atoms with Crippen LogP contribution in [0.4, 0.5) is 10.5 Å². The van der Waals surface area contributed by atoms with E-state index in [1.807, 2.05) is 18.2 Å². The van der Waals surface area contributed by atoms with Crippen LogP contribution in [0.15, 0.2) is 48.5 Å². The van der Waals surface area contributed by atoms with Gasteiger partial charge in [0.25, 0.3) is 0 Å². The molecule has 166 valence electrons. The lowest BCUT2D eigenvalue weighted by molar-refractivity contribution is -0.120. The van der Waals surface area contributed by atoms with Crippen molar-refractivity contribution in [3.8, 4) is 0 Å². The van der Waals surface area contributed by atoms with Gasteiger partial charge < -0.3 is 20.7 Å². The number of hydrogen-bond acceptors (Lipinski definition) is 4. The molecule has 0 bridgehead atoms. The number of nitrogens with one attached hydrogen (secondary N) is 3. The zero-order valence-electron chi connectivity index (χ0n) is 18.0. The molecule has 0 fully saturated rings. The minimum absolute atomic E-state index is 0.0920. The molecule has 2 aromatic carbocycles. The van der Waals surface area contributed by atoms with Crippen molar-refractivity contribution in [2.24, 2.45) is 0 Å². The van der Waals surface area contributed by atoms with Crippen LogP contribution < -0.4 is 16.0 Å².